The zero-order valence-electron chi connectivity index (χ0n) is 14.5. The maximum absolute atomic E-state index is 5.37. The molecule has 5 heteroatoms. The first-order valence-electron chi connectivity index (χ1n) is 8.57. The fraction of sp³-hybridized carbons (Fsp3) is 0.400. The van der Waals surface area contributed by atoms with Crippen LogP contribution in [0.3, 0.4) is 0 Å². The van der Waals surface area contributed by atoms with Crippen LogP contribution >= 0.6 is 0 Å². The Labute approximate surface area is 163 Å². The van der Waals surface area contributed by atoms with Gasteiger partial charge in [0.2, 0.25) is 0 Å². The molecule has 0 amide bonds. The van der Waals surface area contributed by atoms with Gasteiger partial charge in [0.1, 0.15) is 0 Å². The highest BCUT2D eigenvalue weighted by molar-refractivity contribution is 5.63. The Kier molecular flexibility index (Phi) is 10.8. The Hall–Kier alpha value is -1.10. The number of hydrogen-bond donors (Lipinski definition) is 1. The lowest BCUT2D eigenvalue weighted by atomic mass is 10.0. The Bertz CT molecular complexity index is 572. The number of nitrogens with zero attached hydrogens (tertiary/aromatic N) is 1. The van der Waals surface area contributed by atoms with Crippen molar-refractivity contribution in [3.8, 4) is 11.1 Å². The third kappa shape index (κ3) is 7.35. The molecule has 2 aromatic rings. The summed E-state index contributed by atoms with van der Waals surface area (Å²) in [5, 5.41) is 3.54. The smallest absolute Gasteiger partial charge is 0.0594 e. The summed E-state index contributed by atoms with van der Waals surface area (Å²) in [7, 11) is 0. The van der Waals surface area contributed by atoms with Crippen molar-refractivity contribution in [2.24, 2.45) is 0 Å². The molecule has 1 N–H and O–H groups in total. The number of nitrogens with one attached hydrogen (secondary N) is 1. The van der Waals surface area contributed by atoms with Crippen molar-refractivity contribution in [2.45, 2.75) is 13.0 Å². The van der Waals surface area contributed by atoms with E-state index in [-0.39, 0.29) is 24.8 Å². The molecule has 0 aliphatic carbocycles. The summed E-state index contributed by atoms with van der Waals surface area (Å²) in [6.45, 7) is 7.13. The molecule has 0 unspecified atom stereocenters. The SMILES string of the molecule is [Cl-].[Cl-].c1ccc(-c2ccc(CNCCCN3CCOCC3)cc2)cc1. The summed E-state index contributed by atoms with van der Waals surface area (Å²) in [4.78, 5) is 2.49. The van der Waals surface area contributed by atoms with Gasteiger partial charge in [0, 0.05) is 19.6 Å². The van der Waals surface area contributed by atoms with E-state index in [0.29, 0.717) is 0 Å². The zero-order chi connectivity index (χ0) is 15.7. The molecule has 0 saturated carbocycles. The van der Waals surface area contributed by atoms with E-state index >= 15 is 0 Å². The van der Waals surface area contributed by atoms with Crippen LogP contribution in [-0.2, 0) is 11.3 Å². The van der Waals surface area contributed by atoms with Crippen LogP contribution in [0.25, 0.3) is 11.1 Å². The van der Waals surface area contributed by atoms with Gasteiger partial charge in [-0.2, -0.15) is 0 Å². The molecule has 0 bridgehead atoms. The highest BCUT2D eigenvalue weighted by Crippen LogP contribution is 2.19. The Morgan fingerprint density at radius 2 is 1.48 bits per heavy atom. The van der Waals surface area contributed by atoms with Crippen LogP contribution in [0.1, 0.15) is 12.0 Å². The predicted molar refractivity (Wildman–Crippen MR) is 95.5 cm³/mol. The number of halogens is 2. The van der Waals surface area contributed by atoms with Crippen molar-refractivity contribution >= 4 is 0 Å². The Morgan fingerprint density at radius 1 is 0.840 bits per heavy atom. The monoisotopic (exact) mass is 380 g/mol. The van der Waals surface area contributed by atoms with E-state index in [1.165, 1.54) is 29.7 Å². The van der Waals surface area contributed by atoms with Crippen LogP contribution in [0.15, 0.2) is 54.6 Å². The number of morpholine rings is 1. The molecule has 1 fully saturated rings. The molecule has 138 valence electrons. The molecule has 0 spiro atoms. The van der Waals surface area contributed by atoms with E-state index in [0.717, 1.165) is 39.4 Å². The third-order valence-electron chi connectivity index (χ3n) is 4.32. The van der Waals surface area contributed by atoms with E-state index in [4.69, 9.17) is 4.74 Å². The van der Waals surface area contributed by atoms with E-state index in [9.17, 15) is 0 Å². The van der Waals surface area contributed by atoms with Gasteiger partial charge in [0.05, 0.1) is 13.2 Å². The lowest BCUT2D eigenvalue weighted by Crippen LogP contribution is -3.00. The first-order chi connectivity index (χ1) is 11.4. The number of ether oxygens (including phenoxy) is 1. The van der Waals surface area contributed by atoms with Gasteiger partial charge in [-0.05, 0) is 36.2 Å². The topological polar surface area (TPSA) is 24.5 Å². The van der Waals surface area contributed by atoms with Crippen LogP contribution in [0.4, 0.5) is 0 Å². The van der Waals surface area contributed by atoms with Gasteiger partial charge in [-0.1, -0.05) is 54.6 Å². The molecule has 1 aliphatic rings. The van der Waals surface area contributed by atoms with Gasteiger partial charge in [-0.15, -0.1) is 0 Å². The second kappa shape index (κ2) is 12.3. The number of rotatable bonds is 7. The molecular weight excluding hydrogens is 355 g/mol. The number of benzene rings is 2. The van der Waals surface area contributed by atoms with Gasteiger partial charge in [-0.25, -0.2) is 0 Å². The van der Waals surface area contributed by atoms with Crippen LogP contribution < -0.4 is 30.1 Å². The van der Waals surface area contributed by atoms with Crippen LogP contribution in [0, 0.1) is 0 Å². The zero-order valence-corrected chi connectivity index (χ0v) is 16.0. The average molecular weight is 381 g/mol. The van der Waals surface area contributed by atoms with E-state index in [1.54, 1.807) is 0 Å². The van der Waals surface area contributed by atoms with E-state index in [2.05, 4.69) is 64.8 Å². The average Bonchev–Trinajstić information content (AvgIpc) is 2.64. The second-order valence-corrected chi connectivity index (χ2v) is 6.05. The van der Waals surface area contributed by atoms with Crippen molar-refractivity contribution in [3.63, 3.8) is 0 Å². The molecule has 0 radical (unpaired) electrons. The molecule has 3 rings (SSSR count). The van der Waals surface area contributed by atoms with Gasteiger partial charge < -0.3 is 34.9 Å². The third-order valence-corrected chi connectivity index (χ3v) is 4.32. The minimum absolute atomic E-state index is 0. The second-order valence-electron chi connectivity index (χ2n) is 6.05. The summed E-state index contributed by atoms with van der Waals surface area (Å²) in [6, 6.07) is 19.4. The molecule has 0 atom stereocenters. The first kappa shape index (κ1) is 21.9. The summed E-state index contributed by atoms with van der Waals surface area (Å²) < 4.78 is 5.37. The molecule has 1 heterocycles. The van der Waals surface area contributed by atoms with Gasteiger partial charge in [0.15, 0.2) is 0 Å². The van der Waals surface area contributed by atoms with Crippen molar-refractivity contribution in [3.05, 3.63) is 60.2 Å². The van der Waals surface area contributed by atoms with Crippen molar-refractivity contribution in [1.29, 1.82) is 0 Å². The van der Waals surface area contributed by atoms with Crippen LogP contribution in [-0.4, -0.2) is 44.3 Å². The fourth-order valence-corrected chi connectivity index (χ4v) is 2.93. The summed E-state index contributed by atoms with van der Waals surface area (Å²) in [5.41, 5.74) is 3.90. The normalized spacial score (nSPS) is 14.4. The van der Waals surface area contributed by atoms with Crippen molar-refractivity contribution in [2.75, 3.05) is 39.4 Å². The predicted octanol–water partition coefficient (Wildman–Crippen LogP) is -2.83. The molecule has 2 aromatic carbocycles. The lowest BCUT2D eigenvalue weighted by Gasteiger charge is -2.26. The van der Waals surface area contributed by atoms with Gasteiger partial charge >= 0.3 is 0 Å². The van der Waals surface area contributed by atoms with Crippen LogP contribution in [0.5, 0.6) is 0 Å². The maximum Gasteiger partial charge on any atom is 0.0594 e. The number of hydrogen-bond acceptors (Lipinski definition) is 3. The molecule has 0 aromatic heterocycles. The lowest BCUT2D eigenvalue weighted by molar-refractivity contribution is -0.001000. The summed E-state index contributed by atoms with van der Waals surface area (Å²) >= 11 is 0. The van der Waals surface area contributed by atoms with Gasteiger partial charge in [-0.3, -0.25) is 4.90 Å². The van der Waals surface area contributed by atoms with Gasteiger partial charge in [0.25, 0.3) is 0 Å². The minimum Gasteiger partial charge on any atom is -1.00 e. The molecule has 25 heavy (non-hydrogen) atoms. The van der Waals surface area contributed by atoms with Crippen molar-refractivity contribution in [1.82, 2.24) is 10.2 Å². The molecule has 1 saturated heterocycles. The highest BCUT2D eigenvalue weighted by Gasteiger charge is 2.08. The first-order valence-corrected chi connectivity index (χ1v) is 8.57. The Balaban J connectivity index is 0.00000156. The fourth-order valence-electron chi connectivity index (χ4n) is 2.93. The standard InChI is InChI=1S/C20H26N2O.2ClH/c1-2-5-19(6-3-1)20-9-7-18(8-10-20)17-21-11-4-12-22-13-15-23-16-14-22;;/h1-3,5-10,21H,4,11-17H2;2*1H/p-2. The Morgan fingerprint density at radius 3 is 2.16 bits per heavy atom. The quantitative estimate of drug-likeness (QED) is 0.524. The van der Waals surface area contributed by atoms with E-state index in [1.807, 2.05) is 0 Å². The molecular formula is C20H26Cl2N2O-2. The summed E-state index contributed by atoms with van der Waals surface area (Å²) in [5.74, 6) is 0. The maximum atomic E-state index is 5.37. The van der Waals surface area contributed by atoms with E-state index < -0.39 is 0 Å². The molecule has 1 aliphatic heterocycles. The largest absolute Gasteiger partial charge is 1.00 e. The summed E-state index contributed by atoms with van der Waals surface area (Å²) in [6.07, 6.45) is 1.20. The van der Waals surface area contributed by atoms with Crippen molar-refractivity contribution < 1.29 is 29.6 Å². The van der Waals surface area contributed by atoms with Crippen LogP contribution in [0.2, 0.25) is 0 Å². The molecule has 3 nitrogen and oxygen atoms in total. The minimum atomic E-state index is 0. The highest BCUT2D eigenvalue weighted by atomic mass is 35.5.